The molecule has 0 atom stereocenters. The quantitative estimate of drug-likeness (QED) is 0.907. The zero-order valence-corrected chi connectivity index (χ0v) is 16.0. The van der Waals surface area contributed by atoms with Gasteiger partial charge in [-0.25, -0.2) is 4.79 Å². The number of para-hydroxylation sites is 1. The molecule has 0 saturated carbocycles. The summed E-state index contributed by atoms with van der Waals surface area (Å²) in [5.41, 5.74) is 2.14. The van der Waals surface area contributed by atoms with E-state index in [9.17, 15) is 4.79 Å². The second-order valence-electron chi connectivity index (χ2n) is 8.06. The fourth-order valence-electron chi connectivity index (χ4n) is 3.39. The van der Waals surface area contributed by atoms with Crippen LogP contribution in [0.25, 0.3) is 10.9 Å². The maximum atomic E-state index is 11.9. The Labute approximate surface area is 155 Å². The zero-order chi connectivity index (χ0) is 18.6. The van der Waals surface area contributed by atoms with E-state index >= 15 is 0 Å². The topological polar surface area (TPSA) is 54.5 Å². The Morgan fingerprint density at radius 1 is 1.23 bits per heavy atom. The van der Waals surface area contributed by atoms with Crippen LogP contribution in [0.15, 0.2) is 36.5 Å². The molecular weight excluding hydrogens is 326 g/mol. The second kappa shape index (κ2) is 8.04. The van der Waals surface area contributed by atoms with E-state index in [1.807, 2.05) is 33.0 Å². The van der Waals surface area contributed by atoms with Crippen LogP contribution in [0, 0.1) is 0 Å². The summed E-state index contributed by atoms with van der Waals surface area (Å²) in [7, 11) is 0. The van der Waals surface area contributed by atoms with Crippen LogP contribution in [-0.4, -0.2) is 47.3 Å². The molecule has 1 aliphatic rings. The van der Waals surface area contributed by atoms with E-state index in [-0.39, 0.29) is 17.7 Å². The van der Waals surface area contributed by atoms with Crippen molar-refractivity contribution in [2.24, 2.45) is 0 Å². The summed E-state index contributed by atoms with van der Waals surface area (Å²) in [6, 6.07) is 10.4. The fourth-order valence-corrected chi connectivity index (χ4v) is 3.39. The van der Waals surface area contributed by atoms with Gasteiger partial charge in [0.15, 0.2) is 0 Å². The molecule has 0 bridgehead atoms. The van der Waals surface area contributed by atoms with Crippen molar-refractivity contribution < 1.29 is 9.53 Å². The Balaban J connectivity index is 1.46. The van der Waals surface area contributed by atoms with Crippen LogP contribution in [0.3, 0.4) is 0 Å². The van der Waals surface area contributed by atoms with Crippen molar-refractivity contribution in [2.45, 2.75) is 51.7 Å². The molecule has 1 aromatic heterocycles. The molecule has 1 aliphatic heterocycles. The van der Waals surface area contributed by atoms with Gasteiger partial charge in [-0.15, -0.1) is 0 Å². The van der Waals surface area contributed by atoms with Crippen LogP contribution < -0.4 is 5.32 Å². The number of carbonyl (C=O) groups excluding carboxylic acids is 1. The third-order valence-electron chi connectivity index (χ3n) is 4.72. The predicted molar refractivity (Wildman–Crippen MR) is 104 cm³/mol. The number of hydrogen-bond donors (Lipinski definition) is 1. The highest BCUT2D eigenvalue weighted by atomic mass is 16.6. The molecule has 2 heterocycles. The van der Waals surface area contributed by atoms with Gasteiger partial charge in [0.25, 0.3) is 0 Å². The van der Waals surface area contributed by atoms with Crippen molar-refractivity contribution in [3.63, 3.8) is 0 Å². The zero-order valence-electron chi connectivity index (χ0n) is 16.0. The van der Waals surface area contributed by atoms with Crippen molar-refractivity contribution in [1.82, 2.24) is 15.2 Å². The lowest BCUT2D eigenvalue weighted by molar-refractivity contribution is 0.0475. The molecule has 1 aromatic carbocycles. The number of likely N-dealkylation sites (tertiary alicyclic amines) is 1. The molecule has 5 heteroatoms. The van der Waals surface area contributed by atoms with Gasteiger partial charge in [-0.3, -0.25) is 4.98 Å². The van der Waals surface area contributed by atoms with Crippen LogP contribution in [0.4, 0.5) is 4.79 Å². The highest BCUT2D eigenvalue weighted by Gasteiger charge is 2.24. The van der Waals surface area contributed by atoms with Gasteiger partial charge >= 0.3 is 6.09 Å². The van der Waals surface area contributed by atoms with E-state index in [2.05, 4.69) is 39.5 Å². The smallest absolute Gasteiger partial charge is 0.407 e. The molecule has 1 saturated heterocycles. The number of nitrogens with zero attached hydrogens (tertiary/aromatic N) is 2. The maximum absolute atomic E-state index is 11.9. The second-order valence-corrected chi connectivity index (χ2v) is 8.06. The van der Waals surface area contributed by atoms with Crippen LogP contribution >= 0.6 is 0 Å². The largest absolute Gasteiger partial charge is 0.446 e. The molecule has 140 valence electrons. The Hall–Kier alpha value is -2.14. The molecule has 1 amide bonds. The van der Waals surface area contributed by atoms with E-state index in [4.69, 9.17) is 4.74 Å². The number of nitrogens with one attached hydrogen (secondary N) is 1. The maximum Gasteiger partial charge on any atom is 0.407 e. The van der Waals surface area contributed by atoms with E-state index in [1.54, 1.807) is 0 Å². The average Bonchev–Trinajstić information content (AvgIpc) is 2.59. The molecule has 0 spiro atoms. The Kier molecular flexibility index (Phi) is 5.77. The van der Waals surface area contributed by atoms with Crippen molar-refractivity contribution in [2.75, 3.05) is 19.6 Å². The molecular formula is C21H29N3O2. The van der Waals surface area contributed by atoms with Gasteiger partial charge in [0, 0.05) is 36.8 Å². The molecule has 3 rings (SSSR count). The third-order valence-corrected chi connectivity index (χ3v) is 4.72. The summed E-state index contributed by atoms with van der Waals surface area (Å²) >= 11 is 0. The number of benzene rings is 1. The lowest BCUT2D eigenvalue weighted by Gasteiger charge is -2.32. The minimum atomic E-state index is -0.306. The number of hydrogen-bond acceptors (Lipinski definition) is 4. The summed E-state index contributed by atoms with van der Waals surface area (Å²) in [4.78, 5) is 18.8. The molecule has 0 radical (unpaired) electrons. The highest BCUT2D eigenvalue weighted by Crippen LogP contribution is 2.19. The SMILES string of the molecule is CC(C)(C)NC(=O)OC1CCN(CCc2ccnc3ccccc23)CC1. The van der Waals surface area contributed by atoms with E-state index in [0.29, 0.717) is 0 Å². The normalized spacial score (nSPS) is 16.6. The number of carbonyl (C=O) groups is 1. The minimum absolute atomic E-state index is 0.0235. The molecule has 0 aliphatic carbocycles. The lowest BCUT2D eigenvalue weighted by atomic mass is 10.0. The van der Waals surface area contributed by atoms with Crippen molar-refractivity contribution in [3.8, 4) is 0 Å². The summed E-state index contributed by atoms with van der Waals surface area (Å²) in [6.07, 6.45) is 4.42. The molecule has 26 heavy (non-hydrogen) atoms. The van der Waals surface area contributed by atoms with Crippen molar-refractivity contribution in [1.29, 1.82) is 0 Å². The summed E-state index contributed by atoms with van der Waals surface area (Å²) in [5, 5.41) is 4.10. The molecule has 1 N–H and O–H groups in total. The van der Waals surface area contributed by atoms with E-state index < -0.39 is 0 Å². The van der Waals surface area contributed by atoms with Crippen LogP contribution in [0.2, 0.25) is 0 Å². The number of pyridine rings is 1. The highest BCUT2D eigenvalue weighted by molar-refractivity contribution is 5.81. The van der Waals surface area contributed by atoms with Gasteiger partial charge in [-0.2, -0.15) is 0 Å². The molecule has 1 fully saturated rings. The monoisotopic (exact) mass is 355 g/mol. The van der Waals surface area contributed by atoms with Crippen molar-refractivity contribution >= 4 is 17.0 Å². The first-order valence-electron chi connectivity index (χ1n) is 9.44. The minimum Gasteiger partial charge on any atom is -0.446 e. The lowest BCUT2D eigenvalue weighted by Crippen LogP contribution is -2.44. The molecule has 5 nitrogen and oxygen atoms in total. The molecule has 0 unspecified atom stereocenters. The van der Waals surface area contributed by atoms with E-state index in [0.717, 1.165) is 44.4 Å². The summed E-state index contributed by atoms with van der Waals surface area (Å²) < 4.78 is 5.55. The van der Waals surface area contributed by atoms with Gasteiger partial charge in [0.2, 0.25) is 0 Å². The standard InChI is InChI=1S/C21H29N3O2/c1-21(2,3)23-20(25)26-17-10-14-24(15-11-17)13-9-16-8-12-22-19-7-5-4-6-18(16)19/h4-8,12,17H,9-11,13-15H2,1-3H3,(H,23,25). The average molecular weight is 355 g/mol. The number of fused-ring (bicyclic) bond motifs is 1. The van der Waals surface area contributed by atoms with Crippen LogP contribution in [0.1, 0.15) is 39.2 Å². The Bertz CT molecular complexity index is 741. The first-order valence-corrected chi connectivity index (χ1v) is 9.44. The molecule has 2 aromatic rings. The number of aromatic nitrogens is 1. The number of piperidine rings is 1. The van der Waals surface area contributed by atoms with Crippen LogP contribution in [-0.2, 0) is 11.2 Å². The Morgan fingerprint density at radius 2 is 1.96 bits per heavy atom. The van der Waals surface area contributed by atoms with Gasteiger partial charge in [0.05, 0.1) is 5.52 Å². The van der Waals surface area contributed by atoms with Gasteiger partial charge in [-0.05, 0) is 57.7 Å². The first-order chi connectivity index (χ1) is 12.4. The fraction of sp³-hybridized carbons (Fsp3) is 0.524. The Morgan fingerprint density at radius 3 is 2.69 bits per heavy atom. The number of ether oxygens (including phenoxy) is 1. The van der Waals surface area contributed by atoms with Gasteiger partial charge in [-0.1, -0.05) is 18.2 Å². The number of alkyl carbamates (subject to hydrolysis) is 1. The third kappa shape index (κ3) is 5.18. The van der Waals surface area contributed by atoms with Gasteiger partial charge in [0.1, 0.15) is 6.10 Å². The van der Waals surface area contributed by atoms with Gasteiger partial charge < -0.3 is 15.0 Å². The summed E-state index contributed by atoms with van der Waals surface area (Å²) in [5.74, 6) is 0. The predicted octanol–water partition coefficient (Wildman–Crippen LogP) is 3.77. The van der Waals surface area contributed by atoms with Crippen LogP contribution in [0.5, 0.6) is 0 Å². The van der Waals surface area contributed by atoms with Crippen molar-refractivity contribution in [3.05, 3.63) is 42.1 Å². The first kappa shape index (κ1) is 18.6. The summed E-state index contributed by atoms with van der Waals surface area (Å²) in [6.45, 7) is 8.83. The number of rotatable bonds is 4. The number of amides is 1. The van der Waals surface area contributed by atoms with E-state index in [1.165, 1.54) is 10.9 Å².